The van der Waals surface area contributed by atoms with Gasteiger partial charge in [-0.3, -0.25) is 4.79 Å². The van der Waals surface area contributed by atoms with Crippen molar-refractivity contribution in [2.45, 2.75) is 66.2 Å². The van der Waals surface area contributed by atoms with Crippen LogP contribution in [0, 0.1) is 5.92 Å². The van der Waals surface area contributed by atoms with Gasteiger partial charge in [-0.1, -0.05) is 52.0 Å². The number of ether oxygens (including phenoxy) is 1. The van der Waals surface area contributed by atoms with Gasteiger partial charge in [0.25, 0.3) is 0 Å². The summed E-state index contributed by atoms with van der Waals surface area (Å²) in [6.45, 7) is 14.7. The highest BCUT2D eigenvalue weighted by molar-refractivity contribution is 5.77. The Morgan fingerprint density at radius 3 is 2.20 bits per heavy atom. The van der Waals surface area contributed by atoms with Crippen LogP contribution in [0.1, 0.15) is 70.9 Å². The number of unbranched alkanes of at least 4 members (excludes halogenated alkanes) is 2. The third-order valence-electron chi connectivity index (χ3n) is 4.73. The third-order valence-corrected chi connectivity index (χ3v) is 4.73. The van der Waals surface area contributed by atoms with E-state index in [-0.39, 0.29) is 11.9 Å². The summed E-state index contributed by atoms with van der Waals surface area (Å²) in [7, 11) is 0. The van der Waals surface area contributed by atoms with Gasteiger partial charge in [0.05, 0.1) is 12.5 Å². The van der Waals surface area contributed by atoms with Crippen molar-refractivity contribution in [3.63, 3.8) is 0 Å². The minimum absolute atomic E-state index is 0.111. The van der Waals surface area contributed by atoms with E-state index in [0.29, 0.717) is 12.5 Å². The molecule has 1 rings (SSSR count). The van der Waals surface area contributed by atoms with Crippen LogP contribution in [0.15, 0.2) is 24.3 Å². The van der Waals surface area contributed by atoms with Crippen molar-refractivity contribution in [2.75, 3.05) is 26.2 Å². The van der Waals surface area contributed by atoms with Gasteiger partial charge < -0.3 is 9.64 Å². The average Bonchev–Trinajstić information content (AvgIpc) is 2.60. The van der Waals surface area contributed by atoms with E-state index in [9.17, 15) is 4.79 Å². The number of hydrogen-bond acceptors (Lipinski definition) is 3. The fourth-order valence-electron chi connectivity index (χ4n) is 3.00. The summed E-state index contributed by atoms with van der Waals surface area (Å²) in [5.74, 6) is 0.346. The number of hydrogen-bond donors (Lipinski definition) is 0. The van der Waals surface area contributed by atoms with Gasteiger partial charge in [0.2, 0.25) is 0 Å². The Morgan fingerprint density at radius 1 is 1.00 bits per heavy atom. The average molecular weight is 348 g/mol. The lowest BCUT2D eigenvalue weighted by Gasteiger charge is -2.17. The largest absolute Gasteiger partial charge is 0.465 e. The molecular weight excluding hydrogens is 310 g/mol. The molecule has 142 valence electrons. The smallest absolute Gasteiger partial charge is 0.313 e. The summed E-state index contributed by atoms with van der Waals surface area (Å²) < 4.78 is 5.46. The van der Waals surface area contributed by atoms with Crippen LogP contribution >= 0.6 is 0 Å². The van der Waals surface area contributed by atoms with Gasteiger partial charge in [-0.15, -0.1) is 0 Å². The van der Waals surface area contributed by atoms with Crippen LogP contribution in [0.4, 0.5) is 0 Å². The van der Waals surface area contributed by atoms with E-state index < -0.39 is 0 Å². The topological polar surface area (TPSA) is 29.5 Å². The molecule has 0 saturated heterocycles. The van der Waals surface area contributed by atoms with Gasteiger partial charge in [0, 0.05) is 0 Å². The number of rotatable bonds is 12. The minimum Gasteiger partial charge on any atom is -0.465 e. The molecule has 0 amide bonds. The maximum Gasteiger partial charge on any atom is 0.313 e. The van der Waals surface area contributed by atoms with Crippen molar-refractivity contribution in [1.82, 2.24) is 4.90 Å². The van der Waals surface area contributed by atoms with Crippen LogP contribution in [0.5, 0.6) is 0 Å². The highest BCUT2D eigenvalue weighted by atomic mass is 16.5. The lowest BCUT2D eigenvalue weighted by Crippen LogP contribution is -2.24. The van der Waals surface area contributed by atoms with Gasteiger partial charge in [0.1, 0.15) is 0 Å². The van der Waals surface area contributed by atoms with E-state index in [1.165, 1.54) is 12.0 Å². The number of esters is 1. The summed E-state index contributed by atoms with van der Waals surface area (Å²) >= 11 is 0. The summed E-state index contributed by atoms with van der Waals surface area (Å²) in [5.41, 5.74) is 2.37. The maximum atomic E-state index is 12.2. The molecule has 1 aromatic carbocycles. The zero-order valence-electron chi connectivity index (χ0n) is 16.9. The number of carbonyl (C=O) groups is 1. The monoisotopic (exact) mass is 347 g/mol. The fraction of sp³-hybridized carbons (Fsp3) is 0.682. The summed E-state index contributed by atoms with van der Waals surface area (Å²) in [6, 6.07) is 8.39. The van der Waals surface area contributed by atoms with Gasteiger partial charge in [-0.05, 0) is 69.3 Å². The predicted molar refractivity (Wildman–Crippen MR) is 106 cm³/mol. The lowest BCUT2D eigenvalue weighted by molar-refractivity contribution is -0.145. The molecule has 3 heteroatoms. The molecular formula is C22H37NO2. The molecule has 25 heavy (non-hydrogen) atoms. The van der Waals surface area contributed by atoms with E-state index in [1.807, 2.05) is 6.92 Å². The molecule has 0 aliphatic heterocycles. The predicted octanol–water partition coefficient (Wildman–Crippen LogP) is 5.04. The summed E-state index contributed by atoms with van der Waals surface area (Å²) in [5, 5.41) is 0. The Balaban J connectivity index is 2.27. The minimum atomic E-state index is -0.191. The number of benzene rings is 1. The molecule has 0 aromatic heterocycles. The molecule has 1 unspecified atom stereocenters. The molecule has 1 atom stereocenters. The normalized spacial score (nSPS) is 12.6. The van der Waals surface area contributed by atoms with Crippen molar-refractivity contribution in [2.24, 2.45) is 5.92 Å². The van der Waals surface area contributed by atoms with E-state index in [0.717, 1.165) is 44.5 Å². The lowest BCUT2D eigenvalue weighted by atomic mass is 9.97. The summed E-state index contributed by atoms with van der Waals surface area (Å²) in [6.07, 6.45) is 4.31. The Hall–Kier alpha value is -1.35. The molecule has 0 saturated carbocycles. The molecule has 0 fully saturated rings. The molecule has 0 aliphatic rings. The van der Waals surface area contributed by atoms with E-state index >= 15 is 0 Å². The second kappa shape index (κ2) is 12.1. The molecule has 0 N–H and O–H groups in total. The molecule has 0 bridgehead atoms. The van der Waals surface area contributed by atoms with Crippen LogP contribution in [-0.2, 0) is 16.0 Å². The second-order valence-corrected chi connectivity index (χ2v) is 7.32. The van der Waals surface area contributed by atoms with Crippen LogP contribution in [0.3, 0.4) is 0 Å². The number of nitrogens with zero attached hydrogens (tertiary/aromatic N) is 1. The first-order valence-electron chi connectivity index (χ1n) is 9.95. The first-order chi connectivity index (χ1) is 12.0. The molecule has 3 nitrogen and oxygen atoms in total. The summed E-state index contributed by atoms with van der Waals surface area (Å²) in [4.78, 5) is 14.6. The van der Waals surface area contributed by atoms with Gasteiger partial charge in [-0.2, -0.15) is 0 Å². The fourth-order valence-corrected chi connectivity index (χ4v) is 3.00. The van der Waals surface area contributed by atoms with Gasteiger partial charge >= 0.3 is 5.97 Å². The quantitative estimate of drug-likeness (QED) is 0.392. The highest BCUT2D eigenvalue weighted by Crippen LogP contribution is 2.19. The Labute approximate surface area is 154 Å². The van der Waals surface area contributed by atoms with Crippen molar-refractivity contribution in [3.8, 4) is 0 Å². The van der Waals surface area contributed by atoms with Gasteiger partial charge in [-0.25, -0.2) is 0 Å². The molecule has 0 heterocycles. The zero-order valence-corrected chi connectivity index (χ0v) is 16.9. The SMILES string of the molecule is CCN(CC)CCCCCOC(=O)C(C)c1ccc(CC(C)C)cc1. The van der Waals surface area contributed by atoms with Crippen molar-refractivity contribution in [1.29, 1.82) is 0 Å². The maximum absolute atomic E-state index is 12.2. The third kappa shape index (κ3) is 8.53. The first kappa shape index (κ1) is 21.7. The first-order valence-corrected chi connectivity index (χ1v) is 9.95. The Bertz CT molecular complexity index is 477. The Morgan fingerprint density at radius 2 is 1.64 bits per heavy atom. The van der Waals surface area contributed by atoms with Crippen molar-refractivity contribution in [3.05, 3.63) is 35.4 Å². The van der Waals surface area contributed by atoms with Crippen molar-refractivity contribution < 1.29 is 9.53 Å². The van der Waals surface area contributed by atoms with E-state index in [1.54, 1.807) is 0 Å². The van der Waals surface area contributed by atoms with Crippen LogP contribution < -0.4 is 0 Å². The number of carbonyl (C=O) groups excluding carboxylic acids is 1. The molecule has 1 aromatic rings. The molecule has 0 spiro atoms. The van der Waals surface area contributed by atoms with Crippen LogP contribution in [-0.4, -0.2) is 37.1 Å². The van der Waals surface area contributed by atoms with Gasteiger partial charge in [0.15, 0.2) is 0 Å². The van der Waals surface area contributed by atoms with Crippen molar-refractivity contribution >= 4 is 5.97 Å². The van der Waals surface area contributed by atoms with Crippen LogP contribution in [0.2, 0.25) is 0 Å². The molecule has 0 aliphatic carbocycles. The Kier molecular flexibility index (Phi) is 10.5. The van der Waals surface area contributed by atoms with E-state index in [4.69, 9.17) is 4.74 Å². The zero-order chi connectivity index (χ0) is 18.7. The second-order valence-electron chi connectivity index (χ2n) is 7.32. The van der Waals surface area contributed by atoms with E-state index in [2.05, 4.69) is 56.9 Å². The molecule has 0 radical (unpaired) electrons. The highest BCUT2D eigenvalue weighted by Gasteiger charge is 2.16. The standard InChI is InChI=1S/C22H37NO2/c1-6-23(7-2)15-9-8-10-16-25-22(24)19(5)21-13-11-20(12-14-21)17-18(3)4/h11-14,18-19H,6-10,15-17H2,1-5H3. The van der Waals surface area contributed by atoms with Crippen LogP contribution in [0.25, 0.3) is 0 Å².